The molecular weight excluding hydrogens is 259 g/mol. The minimum atomic E-state index is -0.893. The van der Waals surface area contributed by atoms with Crippen LogP contribution in [0.1, 0.15) is 35.6 Å². The summed E-state index contributed by atoms with van der Waals surface area (Å²) in [5.74, 6) is -2.20. The first-order valence-corrected chi connectivity index (χ1v) is 6.74. The van der Waals surface area contributed by atoms with Crippen LogP contribution in [0.5, 0.6) is 0 Å². The van der Waals surface area contributed by atoms with Gasteiger partial charge in [0.05, 0.1) is 12.0 Å². The van der Waals surface area contributed by atoms with Gasteiger partial charge in [0, 0.05) is 5.92 Å². The summed E-state index contributed by atoms with van der Waals surface area (Å²) >= 11 is 0. The highest BCUT2D eigenvalue weighted by Crippen LogP contribution is 2.38. The first-order valence-electron chi connectivity index (χ1n) is 6.74. The Hall–Kier alpha value is -1.68. The van der Waals surface area contributed by atoms with E-state index >= 15 is 0 Å². The lowest BCUT2D eigenvalue weighted by Crippen LogP contribution is -2.30. The molecular formula is C16H19FO3. The number of benzene rings is 1. The zero-order valence-electron chi connectivity index (χ0n) is 11.6. The summed E-state index contributed by atoms with van der Waals surface area (Å²) < 4.78 is 13.3. The van der Waals surface area contributed by atoms with E-state index in [1.54, 1.807) is 13.8 Å². The van der Waals surface area contributed by atoms with E-state index in [2.05, 4.69) is 0 Å². The molecule has 4 heteroatoms. The minimum Gasteiger partial charge on any atom is -0.481 e. The molecule has 2 rings (SSSR count). The van der Waals surface area contributed by atoms with Crippen LogP contribution < -0.4 is 0 Å². The molecule has 108 valence electrons. The lowest BCUT2D eigenvalue weighted by Gasteiger charge is -2.31. The normalized spacial score (nSPS) is 23.6. The van der Waals surface area contributed by atoms with Gasteiger partial charge in [0.1, 0.15) is 5.82 Å². The van der Waals surface area contributed by atoms with Crippen LogP contribution in [0.2, 0.25) is 0 Å². The van der Waals surface area contributed by atoms with Crippen LogP contribution in [-0.2, 0) is 4.79 Å². The molecule has 3 unspecified atom stereocenters. The molecule has 0 amide bonds. The molecule has 0 aliphatic heterocycles. The monoisotopic (exact) mass is 278 g/mol. The number of aliphatic carboxylic acids is 1. The second-order valence-corrected chi connectivity index (χ2v) is 5.45. The zero-order valence-corrected chi connectivity index (χ0v) is 11.6. The fourth-order valence-corrected chi connectivity index (χ4v) is 3.07. The Morgan fingerprint density at radius 1 is 1.25 bits per heavy atom. The van der Waals surface area contributed by atoms with Gasteiger partial charge in [-0.2, -0.15) is 0 Å². The fraction of sp³-hybridized carbons (Fsp3) is 0.438. The van der Waals surface area contributed by atoms with E-state index in [-0.39, 0.29) is 11.7 Å². The maximum absolute atomic E-state index is 13.3. The van der Waals surface area contributed by atoms with Gasteiger partial charge < -0.3 is 10.2 Å². The lowest BCUT2D eigenvalue weighted by molar-refractivity contribution is -0.145. The molecule has 1 aliphatic rings. The van der Waals surface area contributed by atoms with Gasteiger partial charge in [0.2, 0.25) is 0 Å². The fourth-order valence-electron chi connectivity index (χ4n) is 3.07. The third-order valence-corrected chi connectivity index (χ3v) is 4.06. The Bertz CT molecular complexity index is 528. The van der Waals surface area contributed by atoms with Gasteiger partial charge in [-0.3, -0.25) is 4.79 Å². The van der Waals surface area contributed by atoms with Gasteiger partial charge in [-0.25, -0.2) is 4.39 Å². The van der Waals surface area contributed by atoms with Gasteiger partial charge in [0.15, 0.2) is 0 Å². The summed E-state index contributed by atoms with van der Waals surface area (Å²) in [7, 11) is 0. The number of carbonyl (C=O) groups is 1. The van der Waals surface area contributed by atoms with Crippen molar-refractivity contribution >= 4 is 5.97 Å². The number of rotatable bonds is 3. The first kappa shape index (κ1) is 14.7. The largest absolute Gasteiger partial charge is 0.481 e. The summed E-state index contributed by atoms with van der Waals surface area (Å²) in [5.41, 5.74) is 1.97. The highest BCUT2D eigenvalue weighted by molar-refractivity contribution is 5.71. The average Bonchev–Trinajstić information content (AvgIpc) is 2.37. The molecule has 0 bridgehead atoms. The Morgan fingerprint density at radius 3 is 2.35 bits per heavy atom. The Morgan fingerprint density at radius 2 is 1.80 bits per heavy atom. The minimum absolute atomic E-state index is 0.339. The van der Waals surface area contributed by atoms with Crippen LogP contribution in [0, 0.1) is 31.5 Å². The number of allylic oxidation sites excluding steroid dienone is 2. The number of carboxylic acid groups (broad SMARTS) is 1. The summed E-state index contributed by atoms with van der Waals surface area (Å²) in [6, 6.07) is 2.75. The summed E-state index contributed by atoms with van der Waals surface area (Å²) in [5, 5.41) is 19.9. The van der Waals surface area contributed by atoms with Crippen LogP contribution in [0.25, 0.3) is 0 Å². The Kier molecular flexibility index (Phi) is 4.23. The second kappa shape index (κ2) is 5.75. The number of carboxylic acids is 1. The number of aryl methyl sites for hydroxylation is 2. The molecule has 0 heterocycles. The smallest absolute Gasteiger partial charge is 0.307 e. The van der Waals surface area contributed by atoms with Crippen molar-refractivity contribution in [2.24, 2.45) is 11.8 Å². The topological polar surface area (TPSA) is 57.5 Å². The molecule has 1 aromatic rings. The van der Waals surface area contributed by atoms with E-state index in [4.69, 9.17) is 0 Å². The molecule has 0 aromatic heterocycles. The highest BCUT2D eigenvalue weighted by Gasteiger charge is 2.35. The molecule has 0 fully saturated rings. The molecule has 20 heavy (non-hydrogen) atoms. The standard InChI is InChI=1S/C16H19FO3/c1-9-7-11(17)8-10(2)14(9)15(18)12-5-3-4-6-13(12)16(19)20/h3-4,7-8,12-13,15,18H,5-6H2,1-2H3,(H,19,20). The number of aliphatic hydroxyl groups excluding tert-OH is 1. The number of hydrogen-bond donors (Lipinski definition) is 2. The maximum Gasteiger partial charge on any atom is 0.307 e. The zero-order chi connectivity index (χ0) is 14.9. The molecule has 1 aromatic carbocycles. The molecule has 0 radical (unpaired) electrons. The van der Waals surface area contributed by atoms with Crippen LogP contribution in [0.3, 0.4) is 0 Å². The van der Waals surface area contributed by atoms with Crippen molar-refractivity contribution in [1.29, 1.82) is 0 Å². The van der Waals surface area contributed by atoms with Crippen LogP contribution in [0.15, 0.2) is 24.3 Å². The summed E-state index contributed by atoms with van der Waals surface area (Å²) in [4.78, 5) is 11.3. The maximum atomic E-state index is 13.3. The molecule has 0 saturated carbocycles. The Balaban J connectivity index is 2.37. The van der Waals surface area contributed by atoms with E-state index in [1.807, 2.05) is 12.2 Å². The molecule has 2 N–H and O–H groups in total. The lowest BCUT2D eigenvalue weighted by atomic mass is 9.76. The van der Waals surface area contributed by atoms with Crippen LogP contribution in [0.4, 0.5) is 4.39 Å². The van der Waals surface area contributed by atoms with Crippen molar-refractivity contribution < 1.29 is 19.4 Å². The molecule has 3 atom stereocenters. The predicted molar refractivity (Wildman–Crippen MR) is 73.8 cm³/mol. The first-order chi connectivity index (χ1) is 9.41. The van der Waals surface area contributed by atoms with E-state index in [0.717, 1.165) is 0 Å². The molecule has 0 saturated heterocycles. The van der Waals surface area contributed by atoms with Crippen molar-refractivity contribution in [2.75, 3.05) is 0 Å². The van der Waals surface area contributed by atoms with Crippen LogP contribution >= 0.6 is 0 Å². The van der Waals surface area contributed by atoms with E-state index in [0.29, 0.717) is 29.5 Å². The number of hydrogen-bond acceptors (Lipinski definition) is 2. The quantitative estimate of drug-likeness (QED) is 0.835. The van der Waals surface area contributed by atoms with Gasteiger partial charge in [-0.1, -0.05) is 12.2 Å². The van der Waals surface area contributed by atoms with E-state index in [9.17, 15) is 19.4 Å². The molecule has 0 spiro atoms. The van der Waals surface area contributed by atoms with Crippen molar-refractivity contribution in [1.82, 2.24) is 0 Å². The van der Waals surface area contributed by atoms with Gasteiger partial charge in [-0.15, -0.1) is 0 Å². The Labute approximate surface area is 117 Å². The molecule has 3 nitrogen and oxygen atoms in total. The van der Waals surface area contributed by atoms with E-state index in [1.165, 1.54) is 12.1 Å². The SMILES string of the molecule is Cc1cc(F)cc(C)c1C(O)C1CC=CCC1C(=O)O. The number of halogens is 1. The average molecular weight is 278 g/mol. The molecule has 1 aliphatic carbocycles. The van der Waals surface area contributed by atoms with Crippen molar-refractivity contribution in [2.45, 2.75) is 32.8 Å². The summed E-state index contributed by atoms with van der Waals surface area (Å²) in [6.45, 7) is 3.48. The van der Waals surface area contributed by atoms with Gasteiger partial charge in [-0.05, 0) is 55.5 Å². The van der Waals surface area contributed by atoms with Gasteiger partial charge in [0.25, 0.3) is 0 Å². The highest BCUT2D eigenvalue weighted by atomic mass is 19.1. The van der Waals surface area contributed by atoms with Crippen molar-refractivity contribution in [3.8, 4) is 0 Å². The number of aliphatic hydroxyl groups is 1. The second-order valence-electron chi connectivity index (χ2n) is 5.45. The summed E-state index contributed by atoms with van der Waals surface area (Å²) in [6.07, 6.45) is 3.81. The predicted octanol–water partition coefficient (Wildman–Crippen LogP) is 3.14. The van der Waals surface area contributed by atoms with Crippen molar-refractivity contribution in [3.63, 3.8) is 0 Å². The van der Waals surface area contributed by atoms with Gasteiger partial charge >= 0.3 is 5.97 Å². The van der Waals surface area contributed by atoms with Crippen LogP contribution in [-0.4, -0.2) is 16.2 Å². The third-order valence-electron chi connectivity index (χ3n) is 4.06. The third kappa shape index (κ3) is 2.75. The van der Waals surface area contributed by atoms with Crippen molar-refractivity contribution in [3.05, 3.63) is 46.8 Å². The van der Waals surface area contributed by atoms with E-state index < -0.39 is 18.0 Å².